The number of rotatable bonds is 7. The van der Waals surface area contributed by atoms with E-state index in [0.29, 0.717) is 0 Å². The molecule has 0 aliphatic rings. The monoisotopic (exact) mass is 360 g/mol. The molecule has 0 saturated heterocycles. The van der Waals surface area contributed by atoms with Crippen LogP contribution in [0.15, 0.2) is 30.3 Å². The van der Waals surface area contributed by atoms with Gasteiger partial charge in [0.2, 0.25) is 0 Å². The third-order valence-electron chi connectivity index (χ3n) is 2.31. The van der Waals surface area contributed by atoms with E-state index in [1.165, 1.54) is 18.4 Å². The third kappa shape index (κ3) is 8.53. The summed E-state index contributed by atoms with van der Waals surface area (Å²) >= 11 is 2.20. The van der Waals surface area contributed by atoms with Crippen LogP contribution in [0.5, 0.6) is 0 Å². The number of benzene rings is 1. The summed E-state index contributed by atoms with van der Waals surface area (Å²) in [5, 5.41) is 2.99. The SMILES string of the molecule is ISC#CCCCCCOCc1ccccc1. The Hall–Kier alpha value is -0.180. The predicted octanol–water partition coefficient (Wildman–Crippen LogP) is 4.81. The Bertz CT molecular complexity index is 342. The fourth-order valence-corrected chi connectivity index (χ4v) is 2.06. The van der Waals surface area contributed by atoms with Crippen LogP contribution in [0, 0.1) is 11.2 Å². The minimum Gasteiger partial charge on any atom is -0.377 e. The van der Waals surface area contributed by atoms with E-state index in [4.69, 9.17) is 4.74 Å². The van der Waals surface area contributed by atoms with Gasteiger partial charge in [0, 0.05) is 34.2 Å². The summed E-state index contributed by atoms with van der Waals surface area (Å²) < 4.78 is 5.61. The molecular weight excluding hydrogens is 343 g/mol. The van der Waals surface area contributed by atoms with E-state index >= 15 is 0 Å². The van der Waals surface area contributed by atoms with Crippen molar-refractivity contribution in [3.05, 3.63) is 35.9 Å². The minimum atomic E-state index is 0.728. The first kappa shape index (κ1) is 14.9. The maximum absolute atomic E-state index is 5.61. The van der Waals surface area contributed by atoms with E-state index in [2.05, 4.69) is 44.5 Å². The maximum atomic E-state index is 5.61. The van der Waals surface area contributed by atoms with Gasteiger partial charge in [0.15, 0.2) is 0 Å². The average Bonchev–Trinajstić information content (AvgIpc) is 2.38. The maximum Gasteiger partial charge on any atom is 0.0716 e. The fraction of sp³-hybridized carbons (Fsp3) is 0.429. The molecule has 0 spiro atoms. The highest BCUT2D eigenvalue weighted by atomic mass is 127. The highest BCUT2D eigenvalue weighted by Gasteiger charge is 1.92. The molecule has 0 atom stereocenters. The topological polar surface area (TPSA) is 9.23 Å². The van der Waals surface area contributed by atoms with Gasteiger partial charge >= 0.3 is 0 Å². The van der Waals surface area contributed by atoms with E-state index in [0.717, 1.165) is 26.1 Å². The van der Waals surface area contributed by atoms with Crippen LogP contribution in [-0.4, -0.2) is 6.61 Å². The fourth-order valence-electron chi connectivity index (χ4n) is 1.44. The van der Waals surface area contributed by atoms with Gasteiger partial charge in [0.05, 0.1) is 6.61 Å². The summed E-state index contributed by atoms with van der Waals surface area (Å²) in [6, 6.07) is 10.3. The van der Waals surface area contributed by atoms with Crippen LogP contribution in [-0.2, 0) is 11.3 Å². The second-order valence-corrected chi connectivity index (χ2v) is 5.38. The summed E-state index contributed by atoms with van der Waals surface area (Å²) in [6.45, 7) is 1.58. The molecule has 0 amide bonds. The Labute approximate surface area is 120 Å². The molecule has 1 nitrogen and oxygen atoms in total. The Kier molecular flexibility index (Phi) is 9.58. The van der Waals surface area contributed by atoms with Crippen molar-refractivity contribution in [3.8, 4) is 11.2 Å². The second kappa shape index (κ2) is 10.9. The molecule has 0 aromatic heterocycles. The molecule has 0 aliphatic carbocycles. The molecule has 3 heteroatoms. The van der Waals surface area contributed by atoms with Gasteiger partial charge in [-0.3, -0.25) is 0 Å². The number of ether oxygens (including phenoxy) is 1. The van der Waals surface area contributed by atoms with Crippen molar-refractivity contribution in [2.75, 3.05) is 6.61 Å². The van der Waals surface area contributed by atoms with Crippen LogP contribution >= 0.6 is 30.1 Å². The van der Waals surface area contributed by atoms with Gasteiger partial charge < -0.3 is 4.74 Å². The summed E-state index contributed by atoms with van der Waals surface area (Å²) in [6.07, 6.45) is 4.52. The first-order valence-electron chi connectivity index (χ1n) is 5.80. The van der Waals surface area contributed by atoms with Crippen molar-refractivity contribution in [1.29, 1.82) is 0 Å². The molecule has 0 aliphatic heterocycles. The van der Waals surface area contributed by atoms with Crippen molar-refractivity contribution in [1.82, 2.24) is 0 Å². The van der Waals surface area contributed by atoms with E-state index in [1.54, 1.807) is 8.93 Å². The Morgan fingerprint density at radius 3 is 2.71 bits per heavy atom. The normalized spacial score (nSPS) is 9.71. The van der Waals surface area contributed by atoms with Crippen molar-refractivity contribution in [2.24, 2.45) is 0 Å². The lowest BCUT2D eigenvalue weighted by Gasteiger charge is -2.03. The van der Waals surface area contributed by atoms with Gasteiger partial charge in [-0.25, -0.2) is 0 Å². The standard InChI is InChI=1S/C14H17IOS/c15-17-12-8-3-1-2-7-11-16-13-14-9-5-4-6-10-14/h4-6,9-10H,1-3,7,11,13H2. The summed E-state index contributed by atoms with van der Waals surface area (Å²) in [5.74, 6) is 3.12. The number of hydrogen-bond acceptors (Lipinski definition) is 2. The van der Waals surface area contributed by atoms with Crippen LogP contribution in [0.3, 0.4) is 0 Å². The van der Waals surface area contributed by atoms with Crippen molar-refractivity contribution >= 4 is 30.1 Å². The number of hydrogen-bond donors (Lipinski definition) is 0. The Balaban J connectivity index is 1.91. The van der Waals surface area contributed by atoms with Crippen molar-refractivity contribution < 1.29 is 4.74 Å². The first-order chi connectivity index (χ1) is 8.43. The van der Waals surface area contributed by atoms with Gasteiger partial charge in [0.1, 0.15) is 0 Å². The number of halogens is 1. The first-order valence-corrected chi connectivity index (χ1v) is 9.16. The van der Waals surface area contributed by atoms with Crippen LogP contribution in [0.4, 0.5) is 0 Å². The molecule has 1 aromatic carbocycles. The largest absolute Gasteiger partial charge is 0.377 e. The molecule has 0 heterocycles. The van der Waals surface area contributed by atoms with Crippen LogP contribution in [0.2, 0.25) is 0 Å². The lowest BCUT2D eigenvalue weighted by atomic mass is 10.2. The smallest absolute Gasteiger partial charge is 0.0716 e. The van der Waals surface area contributed by atoms with Gasteiger partial charge in [-0.2, -0.15) is 0 Å². The molecule has 0 radical (unpaired) electrons. The van der Waals surface area contributed by atoms with E-state index in [1.807, 2.05) is 18.2 Å². The lowest BCUT2D eigenvalue weighted by molar-refractivity contribution is 0.117. The Morgan fingerprint density at radius 1 is 1.12 bits per heavy atom. The third-order valence-corrected chi connectivity index (χ3v) is 3.19. The molecule has 17 heavy (non-hydrogen) atoms. The zero-order valence-electron chi connectivity index (χ0n) is 9.82. The van der Waals surface area contributed by atoms with E-state index in [-0.39, 0.29) is 0 Å². The average molecular weight is 360 g/mol. The Morgan fingerprint density at radius 2 is 1.94 bits per heavy atom. The molecule has 0 unspecified atom stereocenters. The zero-order chi connectivity index (χ0) is 12.2. The van der Waals surface area contributed by atoms with Gasteiger partial charge in [-0.05, 0) is 32.6 Å². The van der Waals surface area contributed by atoms with Crippen LogP contribution in [0.25, 0.3) is 0 Å². The second-order valence-electron chi connectivity index (χ2n) is 3.70. The summed E-state index contributed by atoms with van der Waals surface area (Å²) in [4.78, 5) is 0. The number of unbranched alkanes of at least 4 members (excludes halogenated alkanes) is 3. The minimum absolute atomic E-state index is 0.728. The molecule has 0 fully saturated rings. The molecule has 0 N–H and O–H groups in total. The van der Waals surface area contributed by atoms with Crippen LogP contribution in [0.1, 0.15) is 31.2 Å². The molecule has 0 bridgehead atoms. The highest BCUT2D eigenvalue weighted by molar-refractivity contribution is 14.2. The lowest BCUT2D eigenvalue weighted by Crippen LogP contribution is -1.95. The molecule has 1 rings (SSSR count). The van der Waals surface area contributed by atoms with Crippen molar-refractivity contribution in [2.45, 2.75) is 32.3 Å². The summed E-state index contributed by atoms with van der Waals surface area (Å²) in [5.41, 5.74) is 1.25. The van der Waals surface area contributed by atoms with Gasteiger partial charge in [-0.15, -0.1) is 0 Å². The molecule has 92 valence electrons. The molecule has 0 saturated carbocycles. The summed E-state index contributed by atoms with van der Waals surface area (Å²) in [7, 11) is 1.56. The van der Waals surface area contributed by atoms with Crippen LogP contribution < -0.4 is 0 Å². The van der Waals surface area contributed by atoms with E-state index < -0.39 is 0 Å². The zero-order valence-corrected chi connectivity index (χ0v) is 12.8. The van der Waals surface area contributed by atoms with Gasteiger partial charge in [0.25, 0.3) is 0 Å². The van der Waals surface area contributed by atoms with Gasteiger partial charge in [-0.1, -0.05) is 42.7 Å². The highest BCUT2D eigenvalue weighted by Crippen LogP contribution is 2.08. The predicted molar refractivity (Wildman–Crippen MR) is 84.0 cm³/mol. The quantitative estimate of drug-likeness (QED) is 0.392. The van der Waals surface area contributed by atoms with E-state index in [9.17, 15) is 0 Å². The van der Waals surface area contributed by atoms with Crippen molar-refractivity contribution in [3.63, 3.8) is 0 Å². The molecular formula is C14H17IOS. The molecule has 1 aromatic rings.